The van der Waals surface area contributed by atoms with Crippen molar-refractivity contribution in [3.05, 3.63) is 64.5 Å². The Labute approximate surface area is 153 Å². The number of carbonyl (C=O) groups is 2. The van der Waals surface area contributed by atoms with E-state index in [1.54, 1.807) is 12.1 Å². The molecule has 0 radical (unpaired) electrons. The molecule has 3 rings (SSSR count). The van der Waals surface area contributed by atoms with Gasteiger partial charge in [0.15, 0.2) is 0 Å². The zero-order valence-corrected chi connectivity index (χ0v) is 14.7. The van der Waals surface area contributed by atoms with Crippen LogP contribution in [0.5, 0.6) is 0 Å². The van der Waals surface area contributed by atoms with Crippen LogP contribution in [0.1, 0.15) is 9.67 Å². The van der Waals surface area contributed by atoms with Crippen LogP contribution < -0.4 is 10.6 Å². The van der Waals surface area contributed by atoms with Crippen molar-refractivity contribution in [2.45, 2.75) is 0 Å². The van der Waals surface area contributed by atoms with Crippen molar-refractivity contribution in [2.24, 2.45) is 0 Å². The zero-order chi connectivity index (χ0) is 17.6. The molecule has 0 aliphatic carbocycles. The third-order valence-electron chi connectivity index (χ3n) is 3.38. The highest BCUT2D eigenvalue weighted by Gasteiger charge is 2.16. The van der Waals surface area contributed by atoms with Crippen LogP contribution >= 0.6 is 22.9 Å². The molecule has 0 saturated heterocycles. The van der Waals surface area contributed by atoms with Gasteiger partial charge in [0.1, 0.15) is 11.5 Å². The molecule has 0 fully saturated rings. The monoisotopic (exact) mass is 374 g/mol. The van der Waals surface area contributed by atoms with E-state index >= 15 is 0 Å². The Balaban J connectivity index is 1.47. The topological polar surface area (TPSA) is 67.4 Å². The minimum atomic E-state index is -0.569. The summed E-state index contributed by atoms with van der Waals surface area (Å²) in [5, 5.41) is 6.60. The highest BCUT2D eigenvalue weighted by molar-refractivity contribution is 7.21. The number of amides is 2. The van der Waals surface area contributed by atoms with E-state index in [0.29, 0.717) is 15.6 Å². The Bertz CT molecular complexity index is 896. The van der Waals surface area contributed by atoms with Crippen molar-refractivity contribution in [3.63, 3.8) is 0 Å². The number of hydrogen-bond acceptors (Lipinski definition) is 4. The lowest BCUT2D eigenvalue weighted by Gasteiger charge is -2.07. The first kappa shape index (κ1) is 17.3. The first-order valence-corrected chi connectivity index (χ1v) is 8.78. The van der Waals surface area contributed by atoms with Gasteiger partial charge in [-0.3, -0.25) is 10.1 Å². The number of carbonyl (C=O) groups excluding carboxylic acids is 2. The summed E-state index contributed by atoms with van der Waals surface area (Å²) in [4.78, 5) is 24.3. The Morgan fingerprint density at radius 3 is 2.52 bits per heavy atom. The first-order chi connectivity index (χ1) is 12.1. The van der Waals surface area contributed by atoms with Gasteiger partial charge in [-0.2, -0.15) is 0 Å². The summed E-state index contributed by atoms with van der Waals surface area (Å²) in [5.74, 6) is -0.279. The number of para-hydroxylation sites is 1. The molecule has 0 saturated carbocycles. The molecule has 2 amide bonds. The molecular formula is C18H15ClN2O3S. The Hall–Kier alpha value is -2.57. The molecule has 0 spiro atoms. The SMILES string of the molecule is O=C(Nc1ccccc1)OCCNC(=O)c1sc2ccccc2c1Cl. The summed E-state index contributed by atoms with van der Waals surface area (Å²) in [6.45, 7) is 0.262. The molecule has 0 bridgehead atoms. The van der Waals surface area contributed by atoms with Crippen LogP contribution in [-0.4, -0.2) is 25.2 Å². The molecule has 3 aromatic rings. The number of fused-ring (bicyclic) bond motifs is 1. The van der Waals surface area contributed by atoms with Gasteiger partial charge >= 0.3 is 6.09 Å². The van der Waals surface area contributed by atoms with Crippen LogP contribution in [0.25, 0.3) is 10.1 Å². The maximum absolute atomic E-state index is 12.2. The number of ether oxygens (including phenoxy) is 1. The van der Waals surface area contributed by atoms with Crippen molar-refractivity contribution in [1.82, 2.24) is 5.32 Å². The van der Waals surface area contributed by atoms with E-state index in [1.807, 2.05) is 42.5 Å². The summed E-state index contributed by atoms with van der Waals surface area (Å²) in [7, 11) is 0. The molecule has 1 heterocycles. The van der Waals surface area contributed by atoms with E-state index < -0.39 is 6.09 Å². The average molecular weight is 375 g/mol. The van der Waals surface area contributed by atoms with Crippen molar-refractivity contribution < 1.29 is 14.3 Å². The van der Waals surface area contributed by atoms with Crippen LogP contribution in [-0.2, 0) is 4.74 Å². The van der Waals surface area contributed by atoms with Gasteiger partial charge in [0.05, 0.1) is 11.6 Å². The third-order valence-corrected chi connectivity index (χ3v) is 5.06. The minimum absolute atomic E-state index is 0.0624. The normalized spacial score (nSPS) is 10.4. The molecule has 2 N–H and O–H groups in total. The number of nitrogens with one attached hydrogen (secondary N) is 2. The number of rotatable bonds is 5. The molecule has 7 heteroatoms. The van der Waals surface area contributed by atoms with E-state index in [0.717, 1.165) is 10.1 Å². The van der Waals surface area contributed by atoms with E-state index in [1.165, 1.54) is 11.3 Å². The lowest BCUT2D eigenvalue weighted by molar-refractivity contribution is 0.0942. The largest absolute Gasteiger partial charge is 0.447 e. The molecule has 128 valence electrons. The smallest absolute Gasteiger partial charge is 0.411 e. The highest BCUT2D eigenvalue weighted by atomic mass is 35.5. The molecule has 0 unspecified atom stereocenters. The quantitative estimate of drug-likeness (QED) is 0.644. The molecule has 5 nitrogen and oxygen atoms in total. The van der Waals surface area contributed by atoms with E-state index in [2.05, 4.69) is 10.6 Å². The predicted molar refractivity (Wildman–Crippen MR) is 101 cm³/mol. The van der Waals surface area contributed by atoms with Crippen molar-refractivity contribution in [1.29, 1.82) is 0 Å². The molecule has 0 aliphatic heterocycles. The van der Waals surface area contributed by atoms with Crippen LogP contribution in [0, 0.1) is 0 Å². The van der Waals surface area contributed by atoms with Crippen LogP contribution in [0.15, 0.2) is 54.6 Å². The summed E-state index contributed by atoms with van der Waals surface area (Å²) in [5.41, 5.74) is 0.647. The van der Waals surface area contributed by atoms with Crippen molar-refractivity contribution in [3.8, 4) is 0 Å². The Morgan fingerprint density at radius 2 is 1.76 bits per heavy atom. The fraction of sp³-hybridized carbons (Fsp3) is 0.111. The summed E-state index contributed by atoms with van der Waals surface area (Å²) in [6.07, 6.45) is -0.569. The minimum Gasteiger partial charge on any atom is -0.447 e. The molecule has 25 heavy (non-hydrogen) atoms. The van der Waals surface area contributed by atoms with Crippen LogP contribution in [0.4, 0.5) is 10.5 Å². The summed E-state index contributed by atoms with van der Waals surface area (Å²) < 4.78 is 5.98. The molecule has 0 aliphatic rings. The lowest BCUT2D eigenvalue weighted by atomic mass is 10.2. The fourth-order valence-corrected chi connectivity index (χ4v) is 3.66. The van der Waals surface area contributed by atoms with Gasteiger partial charge in [0.25, 0.3) is 5.91 Å². The molecule has 2 aromatic carbocycles. The second-order valence-electron chi connectivity index (χ2n) is 5.12. The second-order valence-corrected chi connectivity index (χ2v) is 6.55. The van der Waals surface area contributed by atoms with Crippen molar-refractivity contribution >= 4 is 50.7 Å². The number of benzene rings is 2. The molecular weight excluding hydrogens is 360 g/mol. The Morgan fingerprint density at radius 1 is 1.04 bits per heavy atom. The standard InChI is InChI=1S/C18H15ClN2O3S/c19-15-13-8-4-5-9-14(13)25-16(15)17(22)20-10-11-24-18(23)21-12-6-2-1-3-7-12/h1-9H,10-11H2,(H,20,22)(H,21,23). The summed E-state index contributed by atoms with van der Waals surface area (Å²) >= 11 is 7.59. The lowest BCUT2D eigenvalue weighted by Crippen LogP contribution is -2.28. The highest BCUT2D eigenvalue weighted by Crippen LogP contribution is 2.34. The Kier molecular flexibility index (Phi) is 5.53. The molecule has 1 aromatic heterocycles. The maximum Gasteiger partial charge on any atom is 0.411 e. The van der Waals surface area contributed by atoms with Gasteiger partial charge in [-0.05, 0) is 18.2 Å². The van der Waals surface area contributed by atoms with Gasteiger partial charge in [-0.15, -0.1) is 11.3 Å². The third kappa shape index (κ3) is 4.29. The van der Waals surface area contributed by atoms with Crippen molar-refractivity contribution in [2.75, 3.05) is 18.5 Å². The van der Waals surface area contributed by atoms with E-state index in [-0.39, 0.29) is 19.1 Å². The van der Waals surface area contributed by atoms with Crippen LogP contribution in [0.3, 0.4) is 0 Å². The predicted octanol–water partition coefficient (Wildman–Crippen LogP) is 4.53. The first-order valence-electron chi connectivity index (χ1n) is 7.59. The van der Waals surface area contributed by atoms with E-state index in [9.17, 15) is 9.59 Å². The van der Waals surface area contributed by atoms with Gasteiger partial charge < -0.3 is 10.1 Å². The summed E-state index contributed by atoms with van der Waals surface area (Å²) in [6, 6.07) is 16.6. The number of thiophene rings is 1. The fourth-order valence-electron chi connectivity index (χ4n) is 2.22. The zero-order valence-electron chi connectivity index (χ0n) is 13.1. The van der Waals surface area contributed by atoms with E-state index in [4.69, 9.17) is 16.3 Å². The number of anilines is 1. The number of halogens is 1. The van der Waals surface area contributed by atoms with Crippen LogP contribution in [0.2, 0.25) is 5.02 Å². The molecule has 0 atom stereocenters. The van der Waals surface area contributed by atoms with Gasteiger partial charge in [-0.25, -0.2) is 4.79 Å². The van der Waals surface area contributed by atoms with Gasteiger partial charge in [0, 0.05) is 15.8 Å². The van der Waals surface area contributed by atoms with Gasteiger partial charge in [0.2, 0.25) is 0 Å². The van der Waals surface area contributed by atoms with Gasteiger partial charge in [-0.1, -0.05) is 48.0 Å². The maximum atomic E-state index is 12.2. The number of hydrogen-bond donors (Lipinski definition) is 2. The average Bonchev–Trinajstić information content (AvgIpc) is 2.97. The second kappa shape index (κ2) is 8.00.